The number of rotatable bonds is 2. The van der Waals surface area contributed by atoms with Gasteiger partial charge in [-0.05, 0) is 48.7 Å². The van der Waals surface area contributed by atoms with Crippen molar-refractivity contribution in [2.45, 2.75) is 13.3 Å². The number of benzene rings is 2. The number of anilines is 2. The standard InChI is InChI=1S/C16H14F2N2O/c1-9-2-4-12(17)15(14(9)18)20-16(21)11-3-5-13-10(8-11)6-7-19-13/h2-5,8,19H,6-7H2,1H3,(H,20,21). The van der Waals surface area contributed by atoms with E-state index < -0.39 is 23.2 Å². The molecule has 0 fully saturated rings. The minimum atomic E-state index is -0.783. The molecule has 21 heavy (non-hydrogen) atoms. The van der Waals surface area contributed by atoms with Gasteiger partial charge in [0, 0.05) is 17.8 Å². The zero-order chi connectivity index (χ0) is 15.0. The highest BCUT2D eigenvalue weighted by molar-refractivity contribution is 6.04. The zero-order valence-corrected chi connectivity index (χ0v) is 11.5. The third kappa shape index (κ3) is 2.46. The van der Waals surface area contributed by atoms with E-state index in [-0.39, 0.29) is 5.56 Å². The molecule has 0 aromatic heterocycles. The lowest BCUT2D eigenvalue weighted by Gasteiger charge is -2.10. The van der Waals surface area contributed by atoms with Crippen LogP contribution in [0.15, 0.2) is 30.3 Å². The Labute approximate surface area is 121 Å². The van der Waals surface area contributed by atoms with Gasteiger partial charge in [0.25, 0.3) is 5.91 Å². The van der Waals surface area contributed by atoms with E-state index in [1.165, 1.54) is 13.0 Å². The Balaban J connectivity index is 1.89. The Morgan fingerprint density at radius 2 is 2.05 bits per heavy atom. The van der Waals surface area contributed by atoms with Crippen molar-refractivity contribution < 1.29 is 13.6 Å². The van der Waals surface area contributed by atoms with Gasteiger partial charge in [-0.15, -0.1) is 0 Å². The van der Waals surface area contributed by atoms with Crippen LogP contribution in [0.25, 0.3) is 0 Å². The molecule has 5 heteroatoms. The van der Waals surface area contributed by atoms with Crippen LogP contribution in [-0.2, 0) is 6.42 Å². The summed E-state index contributed by atoms with van der Waals surface area (Å²) in [7, 11) is 0. The number of carbonyl (C=O) groups excluding carboxylic acids is 1. The molecule has 0 spiro atoms. The maximum Gasteiger partial charge on any atom is 0.255 e. The summed E-state index contributed by atoms with van der Waals surface area (Å²) in [4.78, 5) is 12.2. The van der Waals surface area contributed by atoms with Crippen molar-refractivity contribution in [2.24, 2.45) is 0 Å². The average Bonchev–Trinajstić information content (AvgIpc) is 2.94. The third-order valence-electron chi connectivity index (χ3n) is 3.60. The second-order valence-corrected chi connectivity index (χ2v) is 5.06. The molecule has 3 rings (SSSR count). The lowest BCUT2D eigenvalue weighted by atomic mass is 10.1. The average molecular weight is 288 g/mol. The number of aryl methyl sites for hydroxylation is 1. The van der Waals surface area contributed by atoms with E-state index in [1.54, 1.807) is 18.2 Å². The maximum absolute atomic E-state index is 13.9. The van der Waals surface area contributed by atoms with Crippen LogP contribution < -0.4 is 10.6 Å². The monoisotopic (exact) mass is 288 g/mol. The number of carbonyl (C=O) groups is 1. The predicted molar refractivity (Wildman–Crippen MR) is 77.7 cm³/mol. The summed E-state index contributed by atoms with van der Waals surface area (Å²) >= 11 is 0. The summed E-state index contributed by atoms with van der Waals surface area (Å²) in [6, 6.07) is 7.66. The summed E-state index contributed by atoms with van der Waals surface area (Å²) in [5.41, 5.74) is 2.30. The fourth-order valence-corrected chi connectivity index (χ4v) is 2.40. The number of hydrogen-bond acceptors (Lipinski definition) is 2. The van der Waals surface area contributed by atoms with Gasteiger partial charge in [0.05, 0.1) is 0 Å². The van der Waals surface area contributed by atoms with E-state index in [9.17, 15) is 13.6 Å². The van der Waals surface area contributed by atoms with Gasteiger partial charge in [-0.25, -0.2) is 8.78 Å². The van der Waals surface area contributed by atoms with Crippen molar-refractivity contribution in [3.8, 4) is 0 Å². The van der Waals surface area contributed by atoms with Gasteiger partial charge in [0.1, 0.15) is 11.5 Å². The molecular weight excluding hydrogens is 274 g/mol. The second-order valence-electron chi connectivity index (χ2n) is 5.06. The lowest BCUT2D eigenvalue weighted by Crippen LogP contribution is -2.15. The van der Waals surface area contributed by atoms with Crippen molar-refractivity contribution >= 4 is 17.3 Å². The van der Waals surface area contributed by atoms with E-state index in [0.717, 1.165) is 30.3 Å². The number of amides is 1. The third-order valence-corrected chi connectivity index (χ3v) is 3.60. The van der Waals surface area contributed by atoms with Crippen molar-refractivity contribution in [1.29, 1.82) is 0 Å². The molecule has 1 amide bonds. The van der Waals surface area contributed by atoms with Crippen molar-refractivity contribution in [2.75, 3.05) is 17.2 Å². The normalized spacial score (nSPS) is 12.7. The molecule has 0 unspecified atom stereocenters. The summed E-state index contributed by atoms with van der Waals surface area (Å²) < 4.78 is 27.6. The molecule has 0 bridgehead atoms. The Morgan fingerprint density at radius 3 is 2.86 bits per heavy atom. The predicted octanol–water partition coefficient (Wildman–Crippen LogP) is 3.49. The minimum Gasteiger partial charge on any atom is -0.384 e. The Bertz CT molecular complexity index is 728. The van der Waals surface area contributed by atoms with E-state index in [0.29, 0.717) is 5.56 Å². The smallest absolute Gasteiger partial charge is 0.255 e. The van der Waals surface area contributed by atoms with E-state index in [1.807, 2.05) is 0 Å². The number of halogens is 2. The van der Waals surface area contributed by atoms with Crippen LogP contribution in [0.3, 0.4) is 0 Å². The highest BCUT2D eigenvalue weighted by Crippen LogP contribution is 2.25. The first-order valence-electron chi connectivity index (χ1n) is 6.69. The largest absolute Gasteiger partial charge is 0.384 e. The highest BCUT2D eigenvalue weighted by Gasteiger charge is 2.17. The van der Waals surface area contributed by atoms with E-state index >= 15 is 0 Å². The van der Waals surface area contributed by atoms with Crippen LogP contribution in [0.1, 0.15) is 21.5 Å². The first kappa shape index (κ1) is 13.5. The fourth-order valence-electron chi connectivity index (χ4n) is 2.40. The SMILES string of the molecule is Cc1ccc(F)c(NC(=O)c2ccc3c(c2)CCN3)c1F. The quantitative estimate of drug-likeness (QED) is 0.888. The van der Waals surface area contributed by atoms with Crippen molar-refractivity contribution in [1.82, 2.24) is 0 Å². The van der Waals surface area contributed by atoms with Crippen LogP contribution >= 0.6 is 0 Å². The molecule has 3 nitrogen and oxygen atoms in total. The van der Waals surface area contributed by atoms with Gasteiger partial charge >= 0.3 is 0 Å². The molecule has 1 heterocycles. The summed E-state index contributed by atoms with van der Waals surface area (Å²) in [6.45, 7) is 2.35. The molecule has 2 aromatic carbocycles. The molecule has 0 radical (unpaired) electrons. The molecule has 0 atom stereocenters. The first-order chi connectivity index (χ1) is 10.1. The van der Waals surface area contributed by atoms with E-state index in [2.05, 4.69) is 10.6 Å². The van der Waals surface area contributed by atoms with Crippen LogP contribution in [-0.4, -0.2) is 12.5 Å². The minimum absolute atomic E-state index is 0.282. The number of fused-ring (bicyclic) bond motifs is 1. The maximum atomic E-state index is 13.9. The van der Waals surface area contributed by atoms with Gasteiger partial charge in [0.2, 0.25) is 0 Å². The molecule has 108 valence electrons. The van der Waals surface area contributed by atoms with Crippen molar-refractivity contribution in [3.05, 3.63) is 58.7 Å². The highest BCUT2D eigenvalue weighted by atomic mass is 19.1. The fraction of sp³-hybridized carbons (Fsp3) is 0.188. The molecule has 0 saturated heterocycles. The van der Waals surface area contributed by atoms with Crippen LogP contribution in [0.2, 0.25) is 0 Å². The number of hydrogen-bond donors (Lipinski definition) is 2. The first-order valence-corrected chi connectivity index (χ1v) is 6.69. The Morgan fingerprint density at radius 1 is 1.24 bits per heavy atom. The van der Waals surface area contributed by atoms with Gasteiger partial charge in [-0.1, -0.05) is 6.07 Å². The summed E-state index contributed by atoms with van der Waals surface area (Å²) in [5, 5.41) is 5.51. The molecule has 2 aromatic rings. The zero-order valence-electron chi connectivity index (χ0n) is 11.5. The Kier molecular flexibility index (Phi) is 3.33. The molecular formula is C16H14F2N2O. The van der Waals surface area contributed by atoms with Gasteiger partial charge in [-0.2, -0.15) is 0 Å². The van der Waals surface area contributed by atoms with Crippen molar-refractivity contribution in [3.63, 3.8) is 0 Å². The van der Waals surface area contributed by atoms with E-state index in [4.69, 9.17) is 0 Å². The summed E-state index contributed by atoms with van der Waals surface area (Å²) in [6.07, 6.45) is 0.837. The summed E-state index contributed by atoms with van der Waals surface area (Å²) in [5.74, 6) is -2.05. The lowest BCUT2D eigenvalue weighted by molar-refractivity contribution is 0.102. The van der Waals surface area contributed by atoms with Gasteiger partial charge < -0.3 is 10.6 Å². The van der Waals surface area contributed by atoms with Crippen LogP contribution in [0.5, 0.6) is 0 Å². The van der Waals surface area contributed by atoms with Crippen LogP contribution in [0.4, 0.5) is 20.2 Å². The second kappa shape index (κ2) is 5.16. The van der Waals surface area contributed by atoms with Crippen LogP contribution in [0, 0.1) is 18.6 Å². The number of nitrogens with one attached hydrogen (secondary N) is 2. The Hall–Kier alpha value is -2.43. The molecule has 0 saturated carbocycles. The molecule has 1 aliphatic heterocycles. The van der Waals surface area contributed by atoms with Gasteiger partial charge in [0.15, 0.2) is 5.82 Å². The molecule has 0 aliphatic carbocycles. The molecule has 2 N–H and O–H groups in total. The van der Waals surface area contributed by atoms with Gasteiger partial charge in [-0.3, -0.25) is 4.79 Å². The topological polar surface area (TPSA) is 41.1 Å². The molecule has 1 aliphatic rings.